The Kier molecular flexibility index (Phi) is 7.74. The Morgan fingerprint density at radius 1 is 1.33 bits per heavy atom. The van der Waals surface area contributed by atoms with E-state index in [-0.39, 0.29) is 18.3 Å². The van der Waals surface area contributed by atoms with Crippen LogP contribution < -0.4 is 5.32 Å². The van der Waals surface area contributed by atoms with Gasteiger partial charge in [-0.25, -0.2) is 4.98 Å². The largest absolute Gasteiger partial charge is 0.466 e. The van der Waals surface area contributed by atoms with Gasteiger partial charge >= 0.3 is 5.97 Å². The molecule has 6 nitrogen and oxygen atoms in total. The van der Waals surface area contributed by atoms with Gasteiger partial charge in [-0.05, 0) is 20.8 Å². The lowest BCUT2D eigenvalue weighted by Gasteiger charge is -2.18. The van der Waals surface area contributed by atoms with Crippen LogP contribution in [-0.2, 0) is 20.7 Å². The summed E-state index contributed by atoms with van der Waals surface area (Å²) >= 11 is 1.43. The maximum atomic E-state index is 11.8. The van der Waals surface area contributed by atoms with Crippen LogP contribution in [0, 0.1) is 0 Å². The van der Waals surface area contributed by atoms with Gasteiger partial charge < -0.3 is 15.0 Å². The van der Waals surface area contributed by atoms with Crippen molar-refractivity contribution in [2.75, 3.05) is 31.6 Å². The smallest absolute Gasteiger partial charge is 0.311 e. The molecule has 0 radical (unpaired) electrons. The number of nitrogens with one attached hydrogen (secondary N) is 1. The van der Waals surface area contributed by atoms with E-state index in [1.165, 1.54) is 11.3 Å². The van der Waals surface area contributed by atoms with Crippen LogP contribution >= 0.6 is 11.3 Å². The Labute approximate surface area is 129 Å². The number of aromatic nitrogens is 1. The average Bonchev–Trinajstić information content (AvgIpc) is 2.88. The van der Waals surface area contributed by atoms with Gasteiger partial charge in [0.05, 0.1) is 18.7 Å². The Morgan fingerprint density at radius 2 is 2.05 bits per heavy atom. The van der Waals surface area contributed by atoms with Gasteiger partial charge in [-0.15, -0.1) is 11.3 Å². The maximum absolute atomic E-state index is 11.8. The molecule has 21 heavy (non-hydrogen) atoms. The second-order valence-corrected chi connectivity index (χ2v) is 5.23. The molecule has 0 saturated carbocycles. The Hall–Kier alpha value is -1.63. The summed E-state index contributed by atoms with van der Waals surface area (Å²) in [7, 11) is 0. The molecule has 0 aliphatic carbocycles. The molecule has 1 N–H and O–H groups in total. The molecule has 1 aromatic heterocycles. The number of ether oxygens (including phenoxy) is 1. The van der Waals surface area contributed by atoms with E-state index in [4.69, 9.17) is 4.74 Å². The van der Waals surface area contributed by atoms with Crippen molar-refractivity contribution in [1.82, 2.24) is 9.88 Å². The molecule has 0 saturated heterocycles. The number of anilines is 1. The highest BCUT2D eigenvalue weighted by Crippen LogP contribution is 2.16. The fraction of sp³-hybridized carbons (Fsp3) is 0.643. The second kappa shape index (κ2) is 9.33. The first-order valence-corrected chi connectivity index (χ1v) is 8.10. The van der Waals surface area contributed by atoms with Gasteiger partial charge in [0.15, 0.2) is 5.13 Å². The standard InChI is InChI=1S/C14H23N3O3S/c1-4-17(5-2)12(18)7-8-15-14-16-11(10-21-14)9-13(19)20-6-3/h10H,4-9H2,1-3H3,(H,15,16). The predicted molar refractivity (Wildman–Crippen MR) is 83.5 cm³/mol. The van der Waals surface area contributed by atoms with Gasteiger partial charge in [0.1, 0.15) is 0 Å². The minimum atomic E-state index is -0.272. The summed E-state index contributed by atoms with van der Waals surface area (Å²) in [6.07, 6.45) is 0.624. The van der Waals surface area contributed by atoms with E-state index >= 15 is 0 Å². The molecule has 0 aliphatic rings. The van der Waals surface area contributed by atoms with Crippen molar-refractivity contribution in [3.05, 3.63) is 11.1 Å². The minimum absolute atomic E-state index is 0.135. The van der Waals surface area contributed by atoms with Crippen molar-refractivity contribution in [2.45, 2.75) is 33.6 Å². The molecule has 0 aromatic carbocycles. The van der Waals surface area contributed by atoms with E-state index in [0.29, 0.717) is 25.3 Å². The van der Waals surface area contributed by atoms with Crippen molar-refractivity contribution in [3.63, 3.8) is 0 Å². The third-order valence-electron chi connectivity index (χ3n) is 2.91. The van der Waals surface area contributed by atoms with E-state index < -0.39 is 0 Å². The molecule has 0 unspecified atom stereocenters. The lowest BCUT2D eigenvalue weighted by Crippen LogP contribution is -2.31. The second-order valence-electron chi connectivity index (χ2n) is 4.37. The van der Waals surface area contributed by atoms with Crippen molar-refractivity contribution in [3.8, 4) is 0 Å². The number of carbonyl (C=O) groups is 2. The number of nitrogens with zero attached hydrogens (tertiary/aromatic N) is 2. The number of carbonyl (C=O) groups excluding carboxylic acids is 2. The molecule has 0 fully saturated rings. The normalized spacial score (nSPS) is 10.2. The van der Waals surface area contributed by atoms with Crippen LogP contribution in [0.25, 0.3) is 0 Å². The zero-order valence-corrected chi connectivity index (χ0v) is 13.7. The van der Waals surface area contributed by atoms with Gasteiger partial charge in [0, 0.05) is 31.4 Å². The van der Waals surface area contributed by atoms with Crippen LogP contribution in [0.4, 0.5) is 5.13 Å². The Balaban J connectivity index is 2.35. The quantitative estimate of drug-likeness (QED) is 0.705. The Morgan fingerprint density at radius 3 is 2.67 bits per heavy atom. The van der Waals surface area contributed by atoms with E-state index in [1.54, 1.807) is 11.8 Å². The number of hydrogen-bond acceptors (Lipinski definition) is 6. The summed E-state index contributed by atoms with van der Waals surface area (Å²) in [5, 5.41) is 5.66. The van der Waals surface area contributed by atoms with Crippen LogP contribution in [0.3, 0.4) is 0 Å². The van der Waals surface area contributed by atoms with E-state index in [2.05, 4.69) is 10.3 Å². The van der Waals surface area contributed by atoms with Crippen LogP contribution in [0.5, 0.6) is 0 Å². The summed E-state index contributed by atoms with van der Waals surface area (Å²) in [4.78, 5) is 29.3. The van der Waals surface area contributed by atoms with Crippen molar-refractivity contribution in [1.29, 1.82) is 0 Å². The van der Waals surface area contributed by atoms with Crippen molar-refractivity contribution >= 4 is 28.3 Å². The van der Waals surface area contributed by atoms with E-state index in [9.17, 15) is 9.59 Å². The van der Waals surface area contributed by atoms with E-state index in [1.807, 2.05) is 19.2 Å². The zero-order valence-electron chi connectivity index (χ0n) is 12.8. The van der Waals surface area contributed by atoms with Crippen LogP contribution in [0.15, 0.2) is 5.38 Å². The van der Waals surface area contributed by atoms with Crippen molar-refractivity contribution in [2.24, 2.45) is 0 Å². The molecular weight excluding hydrogens is 290 g/mol. The van der Waals surface area contributed by atoms with Gasteiger partial charge in [0.25, 0.3) is 0 Å². The number of rotatable bonds is 9. The lowest BCUT2D eigenvalue weighted by molar-refractivity contribution is -0.142. The molecule has 1 amide bonds. The predicted octanol–water partition coefficient (Wildman–Crippen LogP) is 1.92. The monoisotopic (exact) mass is 313 g/mol. The summed E-state index contributed by atoms with van der Waals surface area (Å²) < 4.78 is 4.87. The SMILES string of the molecule is CCOC(=O)Cc1csc(NCCC(=O)N(CC)CC)n1. The fourth-order valence-electron chi connectivity index (χ4n) is 1.84. The number of hydrogen-bond donors (Lipinski definition) is 1. The van der Waals surface area contributed by atoms with Crippen molar-refractivity contribution < 1.29 is 14.3 Å². The first-order chi connectivity index (χ1) is 10.1. The van der Waals surface area contributed by atoms with Crippen LogP contribution in [0.1, 0.15) is 32.9 Å². The first kappa shape index (κ1) is 17.4. The summed E-state index contributed by atoms with van der Waals surface area (Å²) in [5.74, 6) is -0.137. The molecule has 7 heteroatoms. The molecule has 0 bridgehead atoms. The average molecular weight is 313 g/mol. The maximum Gasteiger partial charge on any atom is 0.311 e. The number of esters is 1. The number of amides is 1. The summed E-state index contributed by atoms with van der Waals surface area (Å²) in [6.45, 7) is 8.10. The van der Waals surface area contributed by atoms with Gasteiger partial charge in [0.2, 0.25) is 5.91 Å². The molecule has 118 valence electrons. The zero-order chi connectivity index (χ0) is 15.7. The molecule has 1 aromatic rings. The molecule has 0 aliphatic heterocycles. The van der Waals surface area contributed by atoms with Gasteiger partial charge in [-0.2, -0.15) is 0 Å². The van der Waals surface area contributed by atoms with Gasteiger partial charge in [-0.3, -0.25) is 9.59 Å². The number of thiazole rings is 1. The summed E-state index contributed by atoms with van der Waals surface area (Å²) in [6, 6.07) is 0. The van der Waals surface area contributed by atoms with Crippen LogP contribution in [-0.4, -0.2) is 48.0 Å². The minimum Gasteiger partial charge on any atom is -0.466 e. The first-order valence-electron chi connectivity index (χ1n) is 7.22. The van der Waals surface area contributed by atoms with Gasteiger partial charge in [-0.1, -0.05) is 0 Å². The molecular formula is C14H23N3O3S. The van der Waals surface area contributed by atoms with Crippen LogP contribution in [0.2, 0.25) is 0 Å². The highest BCUT2D eigenvalue weighted by molar-refractivity contribution is 7.13. The molecule has 0 atom stereocenters. The molecule has 1 heterocycles. The highest BCUT2D eigenvalue weighted by Gasteiger charge is 2.10. The highest BCUT2D eigenvalue weighted by atomic mass is 32.1. The third-order valence-corrected chi connectivity index (χ3v) is 3.76. The fourth-order valence-corrected chi connectivity index (χ4v) is 2.58. The summed E-state index contributed by atoms with van der Waals surface area (Å²) in [5.41, 5.74) is 0.691. The topological polar surface area (TPSA) is 71.5 Å². The molecule has 1 rings (SSSR count). The van der Waals surface area contributed by atoms with E-state index in [0.717, 1.165) is 18.2 Å². The molecule has 0 spiro atoms. The lowest BCUT2D eigenvalue weighted by atomic mass is 10.3. The Bertz CT molecular complexity index is 458. The third kappa shape index (κ3) is 6.12.